The van der Waals surface area contributed by atoms with Crippen LogP contribution in [-0.4, -0.2) is 17.0 Å². The molecule has 4 aliphatic carbocycles. The van der Waals surface area contributed by atoms with Crippen LogP contribution in [0.1, 0.15) is 59.3 Å². The van der Waals surface area contributed by atoms with Crippen molar-refractivity contribution in [2.45, 2.75) is 65.4 Å². The van der Waals surface area contributed by atoms with E-state index in [0.29, 0.717) is 35.9 Å². The van der Waals surface area contributed by atoms with Gasteiger partial charge in [0.2, 0.25) is 0 Å². The van der Waals surface area contributed by atoms with Crippen LogP contribution in [0.5, 0.6) is 0 Å². The van der Waals surface area contributed by atoms with Gasteiger partial charge in [-0.05, 0) is 49.4 Å². The number of hydrogen-bond donors (Lipinski definition) is 1. The van der Waals surface area contributed by atoms with Crippen LogP contribution in [0.2, 0.25) is 0 Å². The Kier molecular flexibility index (Phi) is 3.21. The van der Waals surface area contributed by atoms with E-state index in [9.17, 15) is 9.90 Å². The Labute approximate surface area is 133 Å². The van der Waals surface area contributed by atoms with E-state index in [2.05, 4.69) is 26.8 Å². The summed E-state index contributed by atoms with van der Waals surface area (Å²) in [6.45, 7) is 7.03. The Bertz CT molecular complexity index is 585. The third kappa shape index (κ3) is 1.86. The Morgan fingerprint density at radius 2 is 1.95 bits per heavy atom. The summed E-state index contributed by atoms with van der Waals surface area (Å²) in [5.74, 6) is 2.87. The van der Waals surface area contributed by atoms with Crippen LogP contribution in [0.25, 0.3) is 0 Å². The SMILES string of the molecule is C[C@@H]1CC2=C(CCC(=O)C2)C2C1C1=CC[C@H](O)[C@@]1(C)C[C@@H]2C. The van der Waals surface area contributed by atoms with E-state index in [1.54, 1.807) is 11.1 Å². The van der Waals surface area contributed by atoms with Crippen molar-refractivity contribution in [2.75, 3.05) is 0 Å². The van der Waals surface area contributed by atoms with Gasteiger partial charge in [-0.3, -0.25) is 4.79 Å². The number of aliphatic hydroxyl groups excluding tert-OH is 1. The van der Waals surface area contributed by atoms with Crippen molar-refractivity contribution in [1.29, 1.82) is 0 Å². The number of ketones is 1. The first-order valence-corrected chi connectivity index (χ1v) is 9.03. The molecule has 0 aliphatic heterocycles. The molecule has 0 bridgehead atoms. The molecule has 4 rings (SSSR count). The summed E-state index contributed by atoms with van der Waals surface area (Å²) in [7, 11) is 0. The van der Waals surface area contributed by atoms with Gasteiger partial charge in [-0.15, -0.1) is 0 Å². The van der Waals surface area contributed by atoms with Crippen LogP contribution in [0.4, 0.5) is 0 Å². The molecular weight excluding hydrogens is 272 g/mol. The summed E-state index contributed by atoms with van der Waals surface area (Å²) in [6.07, 6.45) is 7.65. The average molecular weight is 300 g/mol. The topological polar surface area (TPSA) is 37.3 Å². The van der Waals surface area contributed by atoms with Gasteiger partial charge in [0, 0.05) is 18.3 Å². The molecule has 0 aromatic rings. The van der Waals surface area contributed by atoms with E-state index < -0.39 is 0 Å². The summed E-state index contributed by atoms with van der Waals surface area (Å²) >= 11 is 0. The Hall–Kier alpha value is -0.890. The number of carbonyl (C=O) groups is 1. The maximum absolute atomic E-state index is 11.9. The molecule has 1 saturated carbocycles. The fourth-order valence-corrected chi connectivity index (χ4v) is 6.27. The smallest absolute Gasteiger partial charge is 0.137 e. The number of Topliss-reactive ketones (excluding diaryl/α,β-unsaturated/α-hetero) is 1. The minimum absolute atomic E-state index is 0.00259. The van der Waals surface area contributed by atoms with Crippen molar-refractivity contribution in [3.05, 3.63) is 22.8 Å². The first kappa shape index (κ1) is 14.7. The molecule has 2 nitrogen and oxygen atoms in total. The van der Waals surface area contributed by atoms with Crippen molar-refractivity contribution in [1.82, 2.24) is 0 Å². The molecule has 120 valence electrons. The molecule has 1 fully saturated rings. The van der Waals surface area contributed by atoms with Crippen molar-refractivity contribution >= 4 is 5.78 Å². The molecule has 0 radical (unpaired) electrons. The largest absolute Gasteiger partial charge is 0.392 e. The third-order valence-corrected chi connectivity index (χ3v) is 7.18. The van der Waals surface area contributed by atoms with Crippen LogP contribution in [0.15, 0.2) is 22.8 Å². The Morgan fingerprint density at radius 1 is 1.18 bits per heavy atom. The highest BCUT2D eigenvalue weighted by Crippen LogP contribution is 2.61. The van der Waals surface area contributed by atoms with Gasteiger partial charge in [-0.25, -0.2) is 0 Å². The molecular formula is C20H28O2. The second-order valence-electron chi connectivity index (χ2n) is 8.59. The lowest BCUT2D eigenvalue weighted by molar-refractivity contribution is -0.119. The molecule has 0 heterocycles. The molecule has 0 saturated heterocycles. The fourth-order valence-electron chi connectivity index (χ4n) is 6.27. The first-order valence-electron chi connectivity index (χ1n) is 9.03. The van der Waals surface area contributed by atoms with E-state index in [-0.39, 0.29) is 11.5 Å². The normalized spacial score (nSPS) is 47.7. The van der Waals surface area contributed by atoms with E-state index in [1.807, 2.05) is 0 Å². The van der Waals surface area contributed by atoms with Crippen LogP contribution in [-0.2, 0) is 4.79 Å². The lowest BCUT2D eigenvalue weighted by atomic mass is 9.51. The minimum Gasteiger partial charge on any atom is -0.392 e. The second kappa shape index (κ2) is 4.80. The maximum Gasteiger partial charge on any atom is 0.137 e. The van der Waals surface area contributed by atoms with Crippen molar-refractivity contribution < 1.29 is 9.90 Å². The van der Waals surface area contributed by atoms with Gasteiger partial charge < -0.3 is 5.11 Å². The Morgan fingerprint density at radius 3 is 2.73 bits per heavy atom. The number of hydrogen-bond acceptors (Lipinski definition) is 2. The monoisotopic (exact) mass is 300 g/mol. The quantitative estimate of drug-likeness (QED) is 0.685. The van der Waals surface area contributed by atoms with E-state index in [1.165, 1.54) is 5.57 Å². The lowest BCUT2D eigenvalue weighted by Crippen LogP contribution is -2.47. The molecule has 2 heteroatoms. The van der Waals surface area contributed by atoms with Crippen LogP contribution < -0.4 is 0 Å². The number of allylic oxidation sites excluding steroid dienone is 2. The summed E-state index contributed by atoms with van der Waals surface area (Å²) in [5, 5.41) is 10.5. The summed E-state index contributed by atoms with van der Waals surface area (Å²) in [4.78, 5) is 11.9. The summed E-state index contributed by atoms with van der Waals surface area (Å²) < 4.78 is 0. The van der Waals surface area contributed by atoms with Gasteiger partial charge in [0.05, 0.1) is 6.10 Å². The molecule has 0 aromatic heterocycles. The van der Waals surface area contributed by atoms with E-state index in [4.69, 9.17) is 0 Å². The van der Waals surface area contributed by atoms with Gasteiger partial charge in [0.15, 0.2) is 0 Å². The average Bonchev–Trinajstić information content (AvgIpc) is 2.74. The molecule has 2 unspecified atom stereocenters. The van der Waals surface area contributed by atoms with Crippen molar-refractivity contribution in [2.24, 2.45) is 29.1 Å². The second-order valence-corrected chi connectivity index (χ2v) is 8.59. The van der Waals surface area contributed by atoms with Gasteiger partial charge in [-0.1, -0.05) is 43.6 Å². The highest BCUT2D eigenvalue weighted by molar-refractivity contribution is 5.83. The van der Waals surface area contributed by atoms with Crippen molar-refractivity contribution in [3.63, 3.8) is 0 Å². The predicted molar refractivity (Wildman–Crippen MR) is 87.2 cm³/mol. The molecule has 22 heavy (non-hydrogen) atoms. The third-order valence-electron chi connectivity index (χ3n) is 7.18. The highest BCUT2D eigenvalue weighted by atomic mass is 16.3. The zero-order valence-corrected chi connectivity index (χ0v) is 14.1. The fraction of sp³-hybridized carbons (Fsp3) is 0.750. The van der Waals surface area contributed by atoms with Gasteiger partial charge in [-0.2, -0.15) is 0 Å². The highest BCUT2D eigenvalue weighted by Gasteiger charge is 2.54. The molecule has 0 amide bonds. The van der Waals surface area contributed by atoms with E-state index in [0.717, 1.165) is 32.1 Å². The molecule has 1 N–H and O–H groups in total. The Balaban J connectivity index is 1.78. The van der Waals surface area contributed by atoms with Crippen molar-refractivity contribution in [3.8, 4) is 0 Å². The molecule has 4 aliphatic rings. The molecule has 0 aromatic carbocycles. The van der Waals surface area contributed by atoms with Crippen LogP contribution in [0.3, 0.4) is 0 Å². The summed E-state index contributed by atoms with van der Waals surface area (Å²) in [5.41, 5.74) is 4.63. The van der Waals surface area contributed by atoms with E-state index >= 15 is 0 Å². The zero-order chi connectivity index (χ0) is 15.6. The minimum atomic E-state index is -0.193. The maximum atomic E-state index is 11.9. The van der Waals surface area contributed by atoms with Crippen LogP contribution in [0, 0.1) is 29.1 Å². The van der Waals surface area contributed by atoms with Crippen LogP contribution >= 0.6 is 0 Å². The zero-order valence-electron chi connectivity index (χ0n) is 14.1. The molecule has 6 atom stereocenters. The number of carbonyl (C=O) groups excluding carboxylic acids is 1. The van der Waals surface area contributed by atoms with Gasteiger partial charge in [0.25, 0.3) is 0 Å². The lowest BCUT2D eigenvalue weighted by Gasteiger charge is -2.54. The number of fused-ring (bicyclic) bond motifs is 4. The van der Waals surface area contributed by atoms with Gasteiger partial charge >= 0.3 is 0 Å². The first-order chi connectivity index (χ1) is 10.4. The molecule has 0 spiro atoms. The standard InChI is InChI=1S/C20H28O2/c1-11-8-13-9-14(21)4-5-15(13)18-12(2)10-20(3)16(19(11)18)6-7-17(20)22/h6,11-12,17-19,22H,4-5,7-10H2,1-3H3/t11-,12+,17+,18?,19?,20+/m1/s1. The number of aliphatic hydroxyl groups is 1. The summed E-state index contributed by atoms with van der Waals surface area (Å²) in [6, 6.07) is 0. The predicted octanol–water partition coefficient (Wildman–Crippen LogP) is 4.05. The number of rotatable bonds is 0. The van der Waals surface area contributed by atoms with Gasteiger partial charge in [0.1, 0.15) is 5.78 Å².